The molecule has 5 aromatic rings. The predicted octanol–water partition coefficient (Wildman–Crippen LogP) is 4.28. The van der Waals surface area contributed by atoms with Crippen molar-refractivity contribution in [2.75, 3.05) is 23.3 Å². The van der Waals surface area contributed by atoms with Gasteiger partial charge in [0.05, 0.1) is 41.6 Å². The second kappa shape index (κ2) is 12.6. The highest BCUT2D eigenvalue weighted by atomic mass is 16.2. The molecule has 0 bridgehead atoms. The standard InChI is InChI=1S/C37H34N8O4/c46-34-11-10-33(36(48)42-34)44-21-24-18-26(8-9-29(24)37(44)49)40-35(47)17-23-4-3-5-28(16-23)43-14-12-27(13-15-43)45-22-25(19-39-45)32-20-38-30-6-1-2-7-31(30)41-32/h1-9,16,18-20,22,27,33H,10-15,17,21H2,(H,40,47)(H,42,46,48). The average Bonchev–Trinajstić information content (AvgIpc) is 3.73. The van der Waals surface area contributed by atoms with E-state index in [2.05, 4.69) is 43.9 Å². The minimum Gasteiger partial charge on any atom is -0.371 e. The molecule has 5 heterocycles. The number of fused-ring (bicyclic) bond motifs is 2. The molecule has 2 saturated heterocycles. The zero-order chi connectivity index (χ0) is 33.5. The summed E-state index contributed by atoms with van der Waals surface area (Å²) in [6.45, 7) is 1.99. The van der Waals surface area contributed by atoms with E-state index < -0.39 is 11.9 Å². The lowest BCUT2D eigenvalue weighted by Crippen LogP contribution is -2.52. The molecule has 1 atom stereocenters. The Bertz CT molecular complexity index is 2120. The molecule has 1 unspecified atom stereocenters. The molecule has 2 N–H and O–H groups in total. The Morgan fingerprint density at radius 2 is 1.76 bits per heavy atom. The maximum Gasteiger partial charge on any atom is 0.255 e. The van der Waals surface area contributed by atoms with Crippen LogP contribution in [0.1, 0.15) is 53.2 Å². The molecule has 0 spiro atoms. The third kappa shape index (κ3) is 6.13. The topological polar surface area (TPSA) is 142 Å². The molecule has 8 rings (SSSR count). The van der Waals surface area contributed by atoms with Crippen molar-refractivity contribution in [1.29, 1.82) is 0 Å². The van der Waals surface area contributed by atoms with Crippen molar-refractivity contribution in [3.63, 3.8) is 0 Å². The molecule has 2 aromatic heterocycles. The lowest BCUT2D eigenvalue weighted by molar-refractivity contribution is -0.137. The highest BCUT2D eigenvalue weighted by Gasteiger charge is 2.39. The smallest absolute Gasteiger partial charge is 0.255 e. The number of hydrogen-bond acceptors (Lipinski definition) is 8. The van der Waals surface area contributed by atoms with E-state index >= 15 is 0 Å². The quantitative estimate of drug-likeness (QED) is 0.248. The summed E-state index contributed by atoms with van der Waals surface area (Å²) in [7, 11) is 0. The summed E-state index contributed by atoms with van der Waals surface area (Å²) in [4.78, 5) is 63.1. The van der Waals surface area contributed by atoms with Crippen LogP contribution < -0.4 is 15.5 Å². The zero-order valence-corrected chi connectivity index (χ0v) is 26.7. The molecule has 49 heavy (non-hydrogen) atoms. The molecule has 246 valence electrons. The number of benzene rings is 3. The fraction of sp³-hybridized carbons (Fsp3) is 0.270. The summed E-state index contributed by atoms with van der Waals surface area (Å²) < 4.78 is 2.05. The minimum atomic E-state index is -0.677. The van der Waals surface area contributed by atoms with Gasteiger partial charge in [0.1, 0.15) is 6.04 Å². The Hall–Kier alpha value is -5.91. The van der Waals surface area contributed by atoms with Gasteiger partial charge >= 0.3 is 0 Å². The molecule has 0 aliphatic carbocycles. The van der Waals surface area contributed by atoms with Gasteiger partial charge in [0, 0.05) is 54.8 Å². The summed E-state index contributed by atoms with van der Waals surface area (Å²) in [6.07, 6.45) is 8.31. The number of carbonyl (C=O) groups is 4. The van der Waals surface area contributed by atoms with Gasteiger partial charge in [0.25, 0.3) is 5.91 Å². The molecular weight excluding hydrogens is 620 g/mol. The van der Waals surface area contributed by atoms with E-state index in [1.165, 1.54) is 4.90 Å². The first-order valence-corrected chi connectivity index (χ1v) is 16.6. The van der Waals surface area contributed by atoms with E-state index in [1.807, 2.05) is 47.3 Å². The molecule has 12 nitrogen and oxygen atoms in total. The number of amides is 4. The van der Waals surface area contributed by atoms with Gasteiger partial charge in [-0.25, -0.2) is 4.98 Å². The molecule has 3 aromatic carbocycles. The Balaban J connectivity index is 0.863. The minimum absolute atomic E-state index is 0.159. The van der Waals surface area contributed by atoms with Crippen molar-refractivity contribution in [3.05, 3.63) is 102 Å². The number of para-hydroxylation sites is 2. The van der Waals surface area contributed by atoms with Crippen molar-refractivity contribution >= 4 is 46.0 Å². The summed E-state index contributed by atoms with van der Waals surface area (Å²) in [5, 5.41) is 9.95. The maximum absolute atomic E-state index is 13.1. The van der Waals surface area contributed by atoms with Gasteiger partial charge < -0.3 is 15.1 Å². The van der Waals surface area contributed by atoms with E-state index in [0.29, 0.717) is 17.7 Å². The number of nitrogens with zero attached hydrogens (tertiary/aromatic N) is 6. The molecule has 3 aliphatic rings. The van der Waals surface area contributed by atoms with Crippen LogP contribution in [-0.4, -0.2) is 67.4 Å². The van der Waals surface area contributed by atoms with Crippen LogP contribution in [0.2, 0.25) is 0 Å². The van der Waals surface area contributed by atoms with E-state index in [9.17, 15) is 19.2 Å². The van der Waals surface area contributed by atoms with E-state index in [-0.39, 0.29) is 43.1 Å². The van der Waals surface area contributed by atoms with Crippen LogP contribution in [0.15, 0.2) is 85.3 Å². The number of aromatic nitrogens is 4. The van der Waals surface area contributed by atoms with Crippen molar-refractivity contribution in [1.82, 2.24) is 30.0 Å². The van der Waals surface area contributed by atoms with E-state index in [1.54, 1.807) is 24.4 Å². The van der Waals surface area contributed by atoms with Crippen molar-refractivity contribution in [2.45, 2.75) is 50.7 Å². The van der Waals surface area contributed by atoms with Gasteiger partial charge in [-0.05, 0) is 72.9 Å². The number of anilines is 2. The second-order valence-electron chi connectivity index (χ2n) is 12.8. The van der Waals surface area contributed by atoms with Gasteiger partial charge in [-0.2, -0.15) is 5.10 Å². The van der Waals surface area contributed by atoms with Crippen LogP contribution in [0.5, 0.6) is 0 Å². The third-order valence-electron chi connectivity index (χ3n) is 9.63. The summed E-state index contributed by atoms with van der Waals surface area (Å²) >= 11 is 0. The number of imide groups is 1. The summed E-state index contributed by atoms with van der Waals surface area (Å²) in [5.41, 5.74) is 7.33. The molecule has 4 amide bonds. The first kappa shape index (κ1) is 30.4. The number of carbonyl (C=O) groups excluding carboxylic acids is 4. The van der Waals surface area contributed by atoms with Crippen LogP contribution in [0, 0.1) is 0 Å². The van der Waals surface area contributed by atoms with E-state index in [4.69, 9.17) is 4.98 Å². The first-order valence-electron chi connectivity index (χ1n) is 16.6. The molecule has 0 saturated carbocycles. The van der Waals surface area contributed by atoms with Gasteiger partial charge in [0.2, 0.25) is 17.7 Å². The lowest BCUT2D eigenvalue weighted by atomic mass is 10.0. The summed E-state index contributed by atoms with van der Waals surface area (Å²) in [5.74, 6) is -1.17. The van der Waals surface area contributed by atoms with Crippen LogP contribution in [0.3, 0.4) is 0 Å². The number of nitrogens with one attached hydrogen (secondary N) is 2. The fourth-order valence-electron chi connectivity index (χ4n) is 7.06. The van der Waals surface area contributed by atoms with Crippen molar-refractivity contribution in [3.8, 4) is 11.3 Å². The first-order chi connectivity index (χ1) is 23.9. The molecule has 3 aliphatic heterocycles. The predicted molar refractivity (Wildman–Crippen MR) is 183 cm³/mol. The van der Waals surface area contributed by atoms with Gasteiger partial charge in [0.15, 0.2) is 0 Å². The molecule has 0 radical (unpaired) electrons. The molecule has 12 heteroatoms. The Labute approximate surface area is 282 Å². The molecular formula is C37H34N8O4. The van der Waals surface area contributed by atoms with E-state index in [0.717, 1.165) is 65.0 Å². The van der Waals surface area contributed by atoms with Crippen LogP contribution in [0.4, 0.5) is 11.4 Å². The molecule has 2 fully saturated rings. The third-order valence-corrected chi connectivity index (χ3v) is 9.63. The zero-order valence-electron chi connectivity index (χ0n) is 26.7. The normalized spacial score (nSPS) is 18.1. The highest BCUT2D eigenvalue weighted by Crippen LogP contribution is 2.31. The summed E-state index contributed by atoms with van der Waals surface area (Å²) in [6, 6.07) is 20.7. The average molecular weight is 655 g/mol. The maximum atomic E-state index is 13.1. The number of hydrogen-bond donors (Lipinski definition) is 2. The van der Waals surface area contributed by atoms with Gasteiger partial charge in [-0.15, -0.1) is 0 Å². The second-order valence-corrected chi connectivity index (χ2v) is 12.8. The Morgan fingerprint density at radius 1 is 0.918 bits per heavy atom. The van der Waals surface area contributed by atoms with Crippen LogP contribution >= 0.6 is 0 Å². The SMILES string of the molecule is O=C1CCC(N2Cc3cc(NC(=O)Cc4cccc(N5CCC(n6cc(-c7cnc8ccccc8n7)cn6)CC5)c4)ccc3C2=O)C(=O)N1. The van der Waals surface area contributed by atoms with Gasteiger partial charge in [-0.1, -0.05) is 24.3 Å². The largest absolute Gasteiger partial charge is 0.371 e. The Kier molecular flexibility index (Phi) is 7.83. The van der Waals surface area contributed by atoms with Crippen molar-refractivity contribution < 1.29 is 19.2 Å². The van der Waals surface area contributed by atoms with Crippen LogP contribution in [0.25, 0.3) is 22.3 Å². The van der Waals surface area contributed by atoms with Gasteiger partial charge in [-0.3, -0.25) is 34.2 Å². The lowest BCUT2D eigenvalue weighted by Gasteiger charge is -2.34. The number of rotatable bonds is 7. The highest BCUT2D eigenvalue weighted by molar-refractivity contribution is 6.05. The van der Waals surface area contributed by atoms with Crippen LogP contribution in [-0.2, 0) is 27.3 Å². The monoisotopic (exact) mass is 654 g/mol. The van der Waals surface area contributed by atoms with Crippen molar-refractivity contribution in [2.24, 2.45) is 0 Å². The number of piperidine rings is 2. The Morgan fingerprint density at radius 3 is 2.59 bits per heavy atom. The fourth-order valence-corrected chi connectivity index (χ4v) is 7.06.